The molecule has 3 heterocycles. The summed E-state index contributed by atoms with van der Waals surface area (Å²) >= 11 is 1.63. The Kier molecular flexibility index (Phi) is 4.23. The van der Waals surface area contributed by atoms with E-state index in [0.29, 0.717) is 11.2 Å². The van der Waals surface area contributed by atoms with Crippen molar-refractivity contribution in [1.82, 2.24) is 14.7 Å². The van der Waals surface area contributed by atoms with E-state index in [1.165, 1.54) is 36.1 Å². The maximum Gasteiger partial charge on any atom is 0.266 e. The quantitative estimate of drug-likeness (QED) is 0.733. The summed E-state index contributed by atoms with van der Waals surface area (Å²) in [6, 6.07) is 3.78. The Labute approximate surface area is 161 Å². The molecule has 1 saturated carbocycles. The molecule has 0 atom stereocenters. The monoisotopic (exact) mass is 381 g/mol. The van der Waals surface area contributed by atoms with Crippen LogP contribution in [0.25, 0.3) is 15.9 Å². The Hall–Kier alpha value is -2.21. The number of fused-ring (bicyclic) bond motifs is 4. The zero-order valence-electron chi connectivity index (χ0n) is 15.3. The number of rotatable bonds is 2. The van der Waals surface area contributed by atoms with Crippen molar-refractivity contribution in [2.75, 3.05) is 0 Å². The lowest BCUT2D eigenvalue weighted by molar-refractivity contribution is 0.0929. The van der Waals surface area contributed by atoms with Gasteiger partial charge in [-0.2, -0.15) is 0 Å². The van der Waals surface area contributed by atoms with Gasteiger partial charge in [-0.3, -0.25) is 14.0 Å². The number of nitrogens with one attached hydrogen (secondary N) is 1. The minimum atomic E-state index is -0.118. The second kappa shape index (κ2) is 6.75. The molecule has 6 heteroatoms. The lowest BCUT2D eigenvalue weighted by Crippen LogP contribution is -2.36. The van der Waals surface area contributed by atoms with Gasteiger partial charge in [0.15, 0.2) is 5.65 Å². The van der Waals surface area contributed by atoms with Gasteiger partial charge in [0, 0.05) is 17.1 Å². The average Bonchev–Trinajstić information content (AvgIpc) is 3.07. The zero-order valence-corrected chi connectivity index (χ0v) is 16.1. The highest BCUT2D eigenvalue weighted by Crippen LogP contribution is 2.34. The number of aryl methyl sites for hydroxylation is 2. The van der Waals surface area contributed by atoms with Gasteiger partial charge in [-0.25, -0.2) is 4.98 Å². The molecular formula is C21H23N3O2S. The normalized spacial score (nSPS) is 17.9. The second-order valence-corrected chi connectivity index (χ2v) is 8.82. The molecule has 5 nitrogen and oxygen atoms in total. The molecule has 0 aliphatic heterocycles. The van der Waals surface area contributed by atoms with Crippen LogP contribution in [0.3, 0.4) is 0 Å². The summed E-state index contributed by atoms with van der Waals surface area (Å²) < 4.78 is 1.56. The number of hydrogen-bond acceptors (Lipinski definition) is 4. The zero-order chi connectivity index (χ0) is 18.4. The molecule has 1 amide bonds. The van der Waals surface area contributed by atoms with Gasteiger partial charge >= 0.3 is 0 Å². The van der Waals surface area contributed by atoms with E-state index in [4.69, 9.17) is 4.98 Å². The van der Waals surface area contributed by atoms with Gasteiger partial charge in [-0.15, -0.1) is 11.3 Å². The molecule has 0 saturated heterocycles. The third kappa shape index (κ3) is 2.87. The standard InChI is InChI=1S/C21H23N3O2S/c25-19(22-13-7-2-1-3-8-13)15-10-6-12-24-18(15)23-20-17(21(24)26)14-9-4-5-11-16(14)27-20/h6,10,12-13H,1-5,7-9,11H2,(H,22,25). The van der Waals surface area contributed by atoms with E-state index in [2.05, 4.69) is 5.32 Å². The van der Waals surface area contributed by atoms with E-state index in [-0.39, 0.29) is 17.5 Å². The van der Waals surface area contributed by atoms with Gasteiger partial charge in [0.25, 0.3) is 11.5 Å². The van der Waals surface area contributed by atoms with Crippen LogP contribution in [0.4, 0.5) is 0 Å². The molecule has 0 radical (unpaired) electrons. The number of carbonyl (C=O) groups excluding carboxylic acids is 1. The molecule has 5 rings (SSSR count). The summed E-state index contributed by atoms with van der Waals surface area (Å²) in [4.78, 5) is 32.9. The number of hydrogen-bond donors (Lipinski definition) is 1. The minimum absolute atomic E-state index is 0.0401. The van der Waals surface area contributed by atoms with Gasteiger partial charge in [-0.1, -0.05) is 19.3 Å². The van der Waals surface area contributed by atoms with Crippen molar-refractivity contribution in [2.45, 2.75) is 63.8 Å². The fourth-order valence-corrected chi connectivity index (χ4v) is 5.78. The van der Waals surface area contributed by atoms with Crippen molar-refractivity contribution in [3.05, 3.63) is 44.7 Å². The van der Waals surface area contributed by atoms with E-state index in [9.17, 15) is 9.59 Å². The summed E-state index contributed by atoms with van der Waals surface area (Å²) in [7, 11) is 0. The molecule has 3 aromatic rings. The van der Waals surface area contributed by atoms with Crippen molar-refractivity contribution >= 4 is 33.1 Å². The largest absolute Gasteiger partial charge is 0.349 e. The van der Waals surface area contributed by atoms with Crippen LogP contribution in [0.1, 0.15) is 65.7 Å². The van der Waals surface area contributed by atoms with Crippen LogP contribution >= 0.6 is 11.3 Å². The lowest BCUT2D eigenvalue weighted by atomic mass is 9.95. The molecule has 0 unspecified atom stereocenters. The van der Waals surface area contributed by atoms with Crippen LogP contribution in [0.5, 0.6) is 0 Å². The van der Waals surface area contributed by atoms with E-state index >= 15 is 0 Å². The maximum absolute atomic E-state index is 13.2. The van der Waals surface area contributed by atoms with Crippen molar-refractivity contribution in [1.29, 1.82) is 0 Å². The Morgan fingerprint density at radius 1 is 1.15 bits per heavy atom. The average molecular weight is 382 g/mol. The van der Waals surface area contributed by atoms with Crippen molar-refractivity contribution < 1.29 is 4.79 Å². The number of carbonyl (C=O) groups is 1. The van der Waals surface area contributed by atoms with E-state index in [1.54, 1.807) is 34.1 Å². The summed E-state index contributed by atoms with van der Waals surface area (Å²) in [6.07, 6.45) is 11.7. The van der Waals surface area contributed by atoms with Gasteiger partial charge in [-0.05, 0) is 56.2 Å². The van der Waals surface area contributed by atoms with E-state index in [0.717, 1.165) is 42.3 Å². The van der Waals surface area contributed by atoms with Gasteiger partial charge in [0.05, 0.1) is 10.9 Å². The smallest absolute Gasteiger partial charge is 0.266 e. The van der Waals surface area contributed by atoms with Crippen LogP contribution in [0.2, 0.25) is 0 Å². The van der Waals surface area contributed by atoms with Crippen molar-refractivity contribution in [2.24, 2.45) is 0 Å². The lowest BCUT2D eigenvalue weighted by Gasteiger charge is -2.22. The first kappa shape index (κ1) is 16.9. The van der Waals surface area contributed by atoms with Crippen LogP contribution in [0, 0.1) is 0 Å². The molecule has 27 heavy (non-hydrogen) atoms. The molecule has 0 bridgehead atoms. The predicted molar refractivity (Wildman–Crippen MR) is 108 cm³/mol. The van der Waals surface area contributed by atoms with Crippen LogP contribution in [-0.4, -0.2) is 21.3 Å². The molecule has 0 aromatic carbocycles. The predicted octanol–water partition coefficient (Wildman–Crippen LogP) is 3.85. The minimum Gasteiger partial charge on any atom is -0.349 e. The second-order valence-electron chi connectivity index (χ2n) is 7.73. The summed E-state index contributed by atoms with van der Waals surface area (Å²) in [5.41, 5.74) is 2.11. The topological polar surface area (TPSA) is 63.5 Å². The highest BCUT2D eigenvalue weighted by atomic mass is 32.1. The fourth-order valence-electron chi connectivity index (χ4n) is 4.53. The molecule has 3 aromatic heterocycles. The molecule has 2 aliphatic rings. The van der Waals surface area contributed by atoms with Crippen LogP contribution in [-0.2, 0) is 12.8 Å². The fraction of sp³-hybridized carbons (Fsp3) is 0.476. The summed E-state index contributed by atoms with van der Waals surface area (Å²) in [6.45, 7) is 0. The Morgan fingerprint density at radius 2 is 1.96 bits per heavy atom. The first-order valence-electron chi connectivity index (χ1n) is 9.99. The first-order valence-corrected chi connectivity index (χ1v) is 10.8. The molecule has 1 N–H and O–H groups in total. The number of amides is 1. The Bertz CT molecular complexity index is 1090. The number of pyridine rings is 1. The number of thiophene rings is 1. The highest BCUT2D eigenvalue weighted by molar-refractivity contribution is 7.18. The molecular weight excluding hydrogens is 358 g/mol. The number of nitrogens with zero attached hydrogens (tertiary/aromatic N) is 2. The van der Waals surface area contributed by atoms with Gasteiger partial charge in [0.2, 0.25) is 0 Å². The summed E-state index contributed by atoms with van der Waals surface area (Å²) in [5, 5.41) is 3.91. The van der Waals surface area contributed by atoms with Crippen LogP contribution < -0.4 is 10.9 Å². The molecule has 140 valence electrons. The van der Waals surface area contributed by atoms with Gasteiger partial charge in [0.1, 0.15) is 4.83 Å². The van der Waals surface area contributed by atoms with Crippen LogP contribution in [0.15, 0.2) is 23.1 Å². The van der Waals surface area contributed by atoms with Gasteiger partial charge < -0.3 is 5.32 Å². The molecule has 0 spiro atoms. The maximum atomic E-state index is 13.2. The SMILES string of the molecule is O=C(NC1CCCCC1)c1cccn2c(=O)c3c4c(sc3nc12)CCCC4. The molecule has 2 aliphatic carbocycles. The summed E-state index contributed by atoms with van der Waals surface area (Å²) in [5.74, 6) is -0.118. The van der Waals surface area contributed by atoms with Crippen molar-refractivity contribution in [3.63, 3.8) is 0 Å². The Balaban J connectivity index is 1.62. The van der Waals surface area contributed by atoms with E-state index in [1.807, 2.05) is 0 Å². The first-order chi connectivity index (χ1) is 13.2. The molecule has 1 fully saturated rings. The third-order valence-electron chi connectivity index (χ3n) is 5.94. The number of aromatic nitrogens is 2. The van der Waals surface area contributed by atoms with Crippen molar-refractivity contribution in [3.8, 4) is 0 Å². The highest BCUT2D eigenvalue weighted by Gasteiger charge is 2.23. The van der Waals surface area contributed by atoms with E-state index < -0.39 is 0 Å². The third-order valence-corrected chi connectivity index (χ3v) is 7.13. The Morgan fingerprint density at radius 3 is 2.81 bits per heavy atom.